The van der Waals surface area contributed by atoms with Crippen molar-refractivity contribution in [2.24, 2.45) is 5.73 Å². The van der Waals surface area contributed by atoms with Crippen LogP contribution in [-0.2, 0) is 5.41 Å². The molecule has 0 atom stereocenters. The van der Waals surface area contributed by atoms with Crippen LogP contribution >= 0.6 is 0 Å². The van der Waals surface area contributed by atoms with Crippen molar-refractivity contribution in [1.29, 1.82) is 0 Å². The zero-order valence-corrected chi connectivity index (χ0v) is 10.3. The second-order valence-corrected chi connectivity index (χ2v) is 5.34. The third kappa shape index (κ3) is 1.59. The number of rotatable bonds is 2. The average Bonchev–Trinajstić information content (AvgIpc) is 2.94. The quantitative estimate of drug-likeness (QED) is 0.855. The smallest absolute Gasteiger partial charge is 0.134 e. The lowest BCUT2D eigenvalue weighted by Gasteiger charge is -2.26. The van der Waals surface area contributed by atoms with Gasteiger partial charge in [-0.1, -0.05) is 24.5 Å². The molecule has 90 valence electrons. The summed E-state index contributed by atoms with van der Waals surface area (Å²) < 4.78 is 5.69. The number of nitrogens with two attached hydrogens (primary N) is 1. The predicted octanol–water partition coefficient (Wildman–Crippen LogP) is 3.51. The molecule has 1 fully saturated rings. The zero-order valence-electron chi connectivity index (χ0n) is 10.3. The molecule has 2 heteroatoms. The van der Waals surface area contributed by atoms with Crippen molar-refractivity contribution in [2.75, 3.05) is 6.54 Å². The van der Waals surface area contributed by atoms with E-state index in [0.717, 1.165) is 12.1 Å². The summed E-state index contributed by atoms with van der Waals surface area (Å²) >= 11 is 0. The molecule has 2 aromatic rings. The maximum atomic E-state index is 6.05. The van der Waals surface area contributed by atoms with Crippen LogP contribution in [0.3, 0.4) is 0 Å². The standard InChI is InChI=1S/C15H19NO/c1-11-4-5-14-12(8-11)13(9-17-14)15(10-16)6-2-3-7-15/h4-5,8-9H,2-3,6-7,10,16H2,1H3. The molecule has 0 bridgehead atoms. The largest absolute Gasteiger partial charge is 0.464 e. The summed E-state index contributed by atoms with van der Waals surface area (Å²) in [6, 6.07) is 6.39. The summed E-state index contributed by atoms with van der Waals surface area (Å²) in [5.74, 6) is 0. The van der Waals surface area contributed by atoms with Gasteiger partial charge in [0, 0.05) is 22.9 Å². The Morgan fingerprint density at radius 3 is 2.76 bits per heavy atom. The van der Waals surface area contributed by atoms with Crippen LogP contribution in [-0.4, -0.2) is 6.54 Å². The fourth-order valence-corrected chi connectivity index (χ4v) is 3.19. The maximum Gasteiger partial charge on any atom is 0.134 e. The van der Waals surface area contributed by atoms with Crippen molar-refractivity contribution in [1.82, 2.24) is 0 Å². The molecule has 2 nitrogen and oxygen atoms in total. The molecular formula is C15H19NO. The molecule has 0 unspecified atom stereocenters. The molecule has 1 saturated carbocycles. The summed E-state index contributed by atoms with van der Waals surface area (Å²) in [6.45, 7) is 2.86. The van der Waals surface area contributed by atoms with Gasteiger partial charge < -0.3 is 10.2 Å². The van der Waals surface area contributed by atoms with Crippen molar-refractivity contribution >= 4 is 11.0 Å². The monoisotopic (exact) mass is 229 g/mol. The summed E-state index contributed by atoms with van der Waals surface area (Å²) in [5, 5.41) is 1.26. The van der Waals surface area contributed by atoms with Crippen molar-refractivity contribution in [3.63, 3.8) is 0 Å². The lowest BCUT2D eigenvalue weighted by Crippen LogP contribution is -2.31. The highest BCUT2D eigenvalue weighted by molar-refractivity contribution is 5.83. The highest BCUT2D eigenvalue weighted by atomic mass is 16.3. The van der Waals surface area contributed by atoms with Gasteiger partial charge in [-0.15, -0.1) is 0 Å². The third-order valence-electron chi connectivity index (χ3n) is 4.25. The van der Waals surface area contributed by atoms with E-state index in [2.05, 4.69) is 25.1 Å². The molecule has 0 radical (unpaired) electrons. The van der Waals surface area contributed by atoms with Gasteiger partial charge in [0.05, 0.1) is 6.26 Å². The summed E-state index contributed by atoms with van der Waals surface area (Å²) in [7, 11) is 0. The summed E-state index contributed by atoms with van der Waals surface area (Å²) in [4.78, 5) is 0. The summed E-state index contributed by atoms with van der Waals surface area (Å²) in [6.07, 6.45) is 6.91. The highest BCUT2D eigenvalue weighted by Gasteiger charge is 2.36. The number of benzene rings is 1. The van der Waals surface area contributed by atoms with Gasteiger partial charge in [0.15, 0.2) is 0 Å². The van der Waals surface area contributed by atoms with E-state index in [1.807, 2.05) is 6.26 Å². The molecule has 0 saturated heterocycles. The van der Waals surface area contributed by atoms with Gasteiger partial charge in [-0.3, -0.25) is 0 Å². The van der Waals surface area contributed by atoms with E-state index in [0.29, 0.717) is 0 Å². The van der Waals surface area contributed by atoms with Crippen molar-refractivity contribution in [2.45, 2.75) is 38.0 Å². The van der Waals surface area contributed by atoms with E-state index >= 15 is 0 Å². The maximum absolute atomic E-state index is 6.05. The first-order valence-corrected chi connectivity index (χ1v) is 6.44. The lowest BCUT2D eigenvalue weighted by molar-refractivity contribution is 0.448. The second kappa shape index (κ2) is 3.88. The van der Waals surface area contributed by atoms with Crippen molar-refractivity contribution in [3.8, 4) is 0 Å². The van der Waals surface area contributed by atoms with E-state index in [4.69, 9.17) is 10.2 Å². The molecule has 0 spiro atoms. The lowest BCUT2D eigenvalue weighted by atomic mass is 9.79. The van der Waals surface area contributed by atoms with Crippen LogP contribution in [0.4, 0.5) is 0 Å². The van der Waals surface area contributed by atoms with E-state index < -0.39 is 0 Å². The molecule has 1 heterocycles. The number of aryl methyl sites for hydroxylation is 1. The van der Waals surface area contributed by atoms with E-state index in [-0.39, 0.29) is 5.41 Å². The fraction of sp³-hybridized carbons (Fsp3) is 0.467. The van der Waals surface area contributed by atoms with Gasteiger partial charge in [0.25, 0.3) is 0 Å². The van der Waals surface area contributed by atoms with Crippen molar-refractivity contribution in [3.05, 3.63) is 35.6 Å². The molecule has 17 heavy (non-hydrogen) atoms. The third-order valence-corrected chi connectivity index (χ3v) is 4.25. The number of hydrogen-bond donors (Lipinski definition) is 1. The fourth-order valence-electron chi connectivity index (χ4n) is 3.19. The van der Waals surface area contributed by atoms with Gasteiger partial charge >= 0.3 is 0 Å². The molecule has 1 aliphatic rings. The Balaban J connectivity index is 2.19. The van der Waals surface area contributed by atoms with Gasteiger partial charge in [-0.25, -0.2) is 0 Å². The number of furan rings is 1. The Morgan fingerprint density at radius 1 is 1.29 bits per heavy atom. The van der Waals surface area contributed by atoms with E-state index in [9.17, 15) is 0 Å². The molecular weight excluding hydrogens is 210 g/mol. The van der Waals surface area contributed by atoms with Gasteiger partial charge in [-0.2, -0.15) is 0 Å². The van der Waals surface area contributed by atoms with Crippen LogP contribution in [0, 0.1) is 6.92 Å². The molecule has 3 rings (SSSR count). The van der Waals surface area contributed by atoms with Crippen LogP contribution in [0.5, 0.6) is 0 Å². The Hall–Kier alpha value is -1.28. The van der Waals surface area contributed by atoms with Crippen LogP contribution in [0.15, 0.2) is 28.9 Å². The van der Waals surface area contributed by atoms with Gasteiger partial charge in [0.1, 0.15) is 5.58 Å². The average molecular weight is 229 g/mol. The zero-order chi connectivity index (χ0) is 11.9. The van der Waals surface area contributed by atoms with Crippen LogP contribution in [0.1, 0.15) is 36.8 Å². The molecule has 1 aromatic heterocycles. The molecule has 0 amide bonds. The molecule has 0 aliphatic heterocycles. The topological polar surface area (TPSA) is 39.2 Å². The van der Waals surface area contributed by atoms with Crippen LogP contribution in [0.2, 0.25) is 0 Å². The van der Waals surface area contributed by atoms with Gasteiger partial charge in [-0.05, 0) is 31.9 Å². The molecule has 1 aromatic carbocycles. The number of fused-ring (bicyclic) bond motifs is 1. The minimum absolute atomic E-state index is 0.166. The molecule has 2 N–H and O–H groups in total. The predicted molar refractivity (Wildman–Crippen MR) is 70.2 cm³/mol. The second-order valence-electron chi connectivity index (χ2n) is 5.34. The van der Waals surface area contributed by atoms with Gasteiger partial charge in [0.2, 0.25) is 0 Å². The normalized spacial score (nSPS) is 18.9. The van der Waals surface area contributed by atoms with Crippen molar-refractivity contribution < 1.29 is 4.42 Å². The van der Waals surface area contributed by atoms with Crippen LogP contribution < -0.4 is 5.73 Å². The first kappa shape index (κ1) is 10.8. The number of hydrogen-bond acceptors (Lipinski definition) is 2. The SMILES string of the molecule is Cc1ccc2occ(C3(CN)CCCC3)c2c1. The van der Waals surface area contributed by atoms with E-state index in [1.165, 1.54) is 42.2 Å². The first-order valence-electron chi connectivity index (χ1n) is 6.44. The molecule has 1 aliphatic carbocycles. The highest BCUT2D eigenvalue weighted by Crippen LogP contribution is 2.43. The van der Waals surface area contributed by atoms with Crippen LogP contribution in [0.25, 0.3) is 11.0 Å². The first-order chi connectivity index (χ1) is 8.25. The Labute approximate surface area is 102 Å². The Morgan fingerprint density at radius 2 is 2.06 bits per heavy atom. The Kier molecular flexibility index (Phi) is 2.48. The minimum atomic E-state index is 0.166. The minimum Gasteiger partial charge on any atom is -0.464 e. The summed E-state index contributed by atoms with van der Waals surface area (Å²) in [5.41, 5.74) is 9.82. The van der Waals surface area contributed by atoms with E-state index in [1.54, 1.807) is 0 Å². The Bertz CT molecular complexity index is 535.